The lowest BCUT2D eigenvalue weighted by atomic mass is 9.85. The van der Waals surface area contributed by atoms with Crippen LogP contribution in [0.2, 0.25) is 0 Å². The number of aromatic nitrogens is 1. The van der Waals surface area contributed by atoms with Gasteiger partial charge in [0.15, 0.2) is 0 Å². The largest absolute Gasteiger partial charge is 0.337 e. The number of hydrogen-bond donors (Lipinski definition) is 1. The fourth-order valence-electron chi connectivity index (χ4n) is 5.55. The Balaban J connectivity index is 1.24. The average Bonchev–Trinajstić information content (AvgIpc) is 3.57. The van der Waals surface area contributed by atoms with Gasteiger partial charge in [-0.2, -0.15) is 10.1 Å². The first kappa shape index (κ1) is 20.5. The topological polar surface area (TPSA) is 83.8 Å². The van der Waals surface area contributed by atoms with Crippen LogP contribution in [0.15, 0.2) is 72.0 Å². The Morgan fingerprint density at radius 1 is 1.06 bits per heavy atom. The summed E-state index contributed by atoms with van der Waals surface area (Å²) in [5, 5.41) is 8.83. The van der Waals surface area contributed by atoms with Gasteiger partial charge in [-0.05, 0) is 42.5 Å². The number of halogens is 1. The molecule has 3 amide bonds. The number of carbonyl (C=O) groups is 3. The molecule has 170 valence electrons. The summed E-state index contributed by atoms with van der Waals surface area (Å²) in [7, 11) is 0. The van der Waals surface area contributed by atoms with Gasteiger partial charge >= 0.3 is 0 Å². The summed E-state index contributed by atoms with van der Waals surface area (Å²) in [4.78, 5) is 38.4. The van der Waals surface area contributed by atoms with E-state index in [1.54, 1.807) is 16.8 Å². The van der Waals surface area contributed by atoms with Crippen molar-refractivity contribution in [2.75, 3.05) is 5.32 Å². The minimum atomic E-state index is -0.429. The minimum absolute atomic E-state index is 0.00558. The molecule has 1 saturated carbocycles. The fraction of sp³-hybridized carbons (Fsp3) is 0.231. The predicted molar refractivity (Wildman–Crippen MR) is 124 cm³/mol. The van der Waals surface area contributed by atoms with E-state index in [0.29, 0.717) is 11.3 Å². The lowest BCUT2D eigenvalue weighted by Gasteiger charge is -2.13. The summed E-state index contributed by atoms with van der Waals surface area (Å²) in [5.74, 6) is -1.55. The van der Waals surface area contributed by atoms with Crippen molar-refractivity contribution in [3.05, 3.63) is 78.3 Å². The van der Waals surface area contributed by atoms with Gasteiger partial charge in [0.25, 0.3) is 11.8 Å². The van der Waals surface area contributed by atoms with Crippen molar-refractivity contribution in [1.82, 2.24) is 9.58 Å². The van der Waals surface area contributed by atoms with E-state index in [2.05, 4.69) is 10.4 Å². The van der Waals surface area contributed by atoms with Crippen molar-refractivity contribution in [3.8, 4) is 0 Å². The molecule has 1 aromatic heterocycles. The highest BCUT2D eigenvalue weighted by molar-refractivity contribution is 6.08. The molecule has 7 nitrogen and oxygen atoms in total. The molecule has 2 aromatic carbocycles. The van der Waals surface area contributed by atoms with Crippen LogP contribution in [0.25, 0.3) is 10.9 Å². The SMILES string of the molecule is O=C(Cn1cc(C=NN2C(=O)C3C4C=CC(C4)C3C2=O)c2ccccc21)Nc1cccc(F)c1. The van der Waals surface area contributed by atoms with Crippen molar-refractivity contribution >= 4 is 40.5 Å². The molecule has 0 spiro atoms. The molecule has 2 bridgehead atoms. The number of rotatable bonds is 5. The number of amides is 3. The normalized spacial score (nSPS) is 25.1. The van der Waals surface area contributed by atoms with Gasteiger partial charge < -0.3 is 9.88 Å². The molecule has 1 N–H and O–H groups in total. The fourth-order valence-corrected chi connectivity index (χ4v) is 5.55. The number of nitrogens with one attached hydrogen (secondary N) is 1. The van der Waals surface area contributed by atoms with E-state index >= 15 is 0 Å². The third-order valence-electron chi connectivity index (χ3n) is 7.00. The number of anilines is 1. The maximum absolute atomic E-state index is 13.4. The van der Waals surface area contributed by atoms with Crippen molar-refractivity contribution < 1.29 is 18.8 Å². The molecule has 3 aliphatic rings. The van der Waals surface area contributed by atoms with Crippen LogP contribution in [0.4, 0.5) is 10.1 Å². The molecule has 2 fully saturated rings. The first-order valence-corrected chi connectivity index (χ1v) is 11.2. The summed E-state index contributed by atoms with van der Waals surface area (Å²) >= 11 is 0. The van der Waals surface area contributed by atoms with Crippen LogP contribution >= 0.6 is 0 Å². The second-order valence-electron chi connectivity index (χ2n) is 9.02. The summed E-state index contributed by atoms with van der Waals surface area (Å²) in [6, 6.07) is 13.2. The highest BCUT2D eigenvalue weighted by atomic mass is 19.1. The Kier molecular flexibility index (Phi) is 4.69. The van der Waals surface area contributed by atoms with E-state index < -0.39 is 5.82 Å². The van der Waals surface area contributed by atoms with E-state index in [4.69, 9.17) is 0 Å². The van der Waals surface area contributed by atoms with E-state index in [1.165, 1.54) is 24.4 Å². The number of fused-ring (bicyclic) bond motifs is 6. The van der Waals surface area contributed by atoms with E-state index in [1.807, 2.05) is 36.4 Å². The van der Waals surface area contributed by atoms with Crippen molar-refractivity contribution in [3.63, 3.8) is 0 Å². The van der Waals surface area contributed by atoms with Crippen LogP contribution in [-0.4, -0.2) is 33.5 Å². The molecule has 0 radical (unpaired) electrons. The average molecular weight is 456 g/mol. The number of hydrazone groups is 1. The molecule has 4 atom stereocenters. The summed E-state index contributed by atoms with van der Waals surface area (Å²) in [6.07, 6.45) is 8.24. The van der Waals surface area contributed by atoms with Crippen LogP contribution in [0, 0.1) is 29.5 Å². The monoisotopic (exact) mass is 456 g/mol. The Bertz CT molecular complexity index is 1380. The quantitative estimate of drug-likeness (QED) is 0.362. The summed E-state index contributed by atoms with van der Waals surface area (Å²) < 4.78 is 15.2. The van der Waals surface area contributed by atoms with Gasteiger partial charge in [-0.3, -0.25) is 14.4 Å². The number of para-hydroxylation sites is 1. The molecular weight excluding hydrogens is 435 g/mol. The van der Waals surface area contributed by atoms with Crippen molar-refractivity contribution in [1.29, 1.82) is 0 Å². The van der Waals surface area contributed by atoms with Gasteiger partial charge in [-0.25, -0.2) is 4.39 Å². The van der Waals surface area contributed by atoms with Crippen molar-refractivity contribution in [2.45, 2.75) is 13.0 Å². The molecule has 1 saturated heterocycles. The first-order valence-electron chi connectivity index (χ1n) is 11.2. The highest BCUT2D eigenvalue weighted by Gasteiger charge is 2.59. The molecule has 1 aliphatic heterocycles. The number of imide groups is 1. The third-order valence-corrected chi connectivity index (χ3v) is 7.00. The minimum Gasteiger partial charge on any atom is -0.337 e. The lowest BCUT2D eigenvalue weighted by Crippen LogP contribution is -2.28. The van der Waals surface area contributed by atoms with E-state index in [-0.39, 0.29) is 47.9 Å². The number of carbonyl (C=O) groups excluding carboxylic acids is 3. The Morgan fingerprint density at radius 3 is 2.53 bits per heavy atom. The Hall–Kier alpha value is -4.07. The molecule has 8 heteroatoms. The van der Waals surface area contributed by atoms with Gasteiger partial charge in [0.05, 0.1) is 18.1 Å². The maximum atomic E-state index is 13.4. The number of allylic oxidation sites excluding steroid dienone is 2. The molecular formula is C26H21FN4O3. The smallest absolute Gasteiger partial charge is 0.254 e. The zero-order chi connectivity index (χ0) is 23.4. The van der Waals surface area contributed by atoms with Gasteiger partial charge in [-0.15, -0.1) is 0 Å². The highest BCUT2D eigenvalue weighted by Crippen LogP contribution is 2.52. The van der Waals surface area contributed by atoms with Gasteiger partial charge in [-0.1, -0.05) is 36.4 Å². The standard InChI is InChI=1S/C26H21FN4O3/c27-18-4-3-5-19(11-18)29-22(32)14-30-13-17(20-6-1-2-7-21(20)30)12-28-31-25(33)23-15-8-9-16(10-15)24(23)26(31)34/h1-9,11-13,15-16,23-24H,10,14H2,(H,29,32). The molecule has 2 aliphatic carbocycles. The molecule has 4 unspecified atom stereocenters. The second kappa shape index (κ2) is 7.76. The van der Waals surface area contributed by atoms with Crippen LogP contribution < -0.4 is 5.32 Å². The molecule has 2 heterocycles. The number of benzene rings is 2. The lowest BCUT2D eigenvalue weighted by molar-refractivity contribution is -0.140. The van der Waals surface area contributed by atoms with Crippen LogP contribution in [0.5, 0.6) is 0 Å². The molecule has 34 heavy (non-hydrogen) atoms. The molecule has 6 rings (SSSR count). The number of nitrogens with zero attached hydrogens (tertiary/aromatic N) is 3. The van der Waals surface area contributed by atoms with Gasteiger partial charge in [0.2, 0.25) is 5.91 Å². The molecule has 3 aromatic rings. The second-order valence-corrected chi connectivity index (χ2v) is 9.02. The third kappa shape index (κ3) is 3.25. The Labute approximate surface area is 194 Å². The van der Waals surface area contributed by atoms with E-state index in [9.17, 15) is 18.8 Å². The van der Waals surface area contributed by atoms with E-state index in [0.717, 1.165) is 22.3 Å². The number of hydrogen-bond acceptors (Lipinski definition) is 4. The van der Waals surface area contributed by atoms with Crippen LogP contribution in [0.3, 0.4) is 0 Å². The van der Waals surface area contributed by atoms with Gasteiger partial charge in [0.1, 0.15) is 12.4 Å². The zero-order valence-corrected chi connectivity index (χ0v) is 18.1. The van der Waals surface area contributed by atoms with Crippen LogP contribution in [-0.2, 0) is 20.9 Å². The predicted octanol–water partition coefficient (Wildman–Crippen LogP) is 3.56. The maximum Gasteiger partial charge on any atom is 0.254 e. The van der Waals surface area contributed by atoms with Gasteiger partial charge in [0, 0.05) is 28.4 Å². The summed E-state index contributed by atoms with van der Waals surface area (Å²) in [5.41, 5.74) is 1.87. The summed E-state index contributed by atoms with van der Waals surface area (Å²) in [6.45, 7) is 0.00558. The van der Waals surface area contributed by atoms with Crippen molar-refractivity contribution in [2.24, 2.45) is 28.8 Å². The van der Waals surface area contributed by atoms with Crippen LogP contribution in [0.1, 0.15) is 12.0 Å². The Morgan fingerprint density at radius 2 is 1.79 bits per heavy atom. The zero-order valence-electron chi connectivity index (χ0n) is 18.1. The first-order chi connectivity index (χ1) is 16.5.